The molecular weight excluding hydrogens is 435 g/mol. The van der Waals surface area contributed by atoms with E-state index in [1.807, 2.05) is 0 Å². The molecule has 3 rings (SSSR count). The first-order chi connectivity index (χ1) is 13.4. The molecule has 0 atom stereocenters. The van der Waals surface area contributed by atoms with Crippen molar-refractivity contribution in [3.05, 3.63) is 45.8 Å². The monoisotopic (exact) mass is 451 g/mol. The van der Waals surface area contributed by atoms with E-state index in [-0.39, 0.29) is 37.1 Å². The number of aryl methyl sites for hydroxylation is 2. The third-order valence-electron chi connectivity index (χ3n) is 4.65. The lowest BCUT2D eigenvalue weighted by Crippen LogP contribution is -2.50. The van der Waals surface area contributed by atoms with Crippen LogP contribution in [0, 0.1) is 13.8 Å². The summed E-state index contributed by atoms with van der Waals surface area (Å²) in [6, 6.07) is 2.16. The van der Waals surface area contributed by atoms with Crippen molar-refractivity contribution in [3.8, 4) is 0 Å². The van der Waals surface area contributed by atoms with Crippen LogP contribution in [0.3, 0.4) is 0 Å². The number of nitrogens with zero attached hydrogens (tertiary/aromatic N) is 3. The number of carbonyl (C=O) groups excluding carboxylic acids is 1. The highest BCUT2D eigenvalue weighted by molar-refractivity contribution is 7.89. The molecule has 7 nitrogen and oxygen atoms in total. The SMILES string of the molecule is Cc1noc(C)c1C(=O)N1CCN(S(=O)(=O)c2cc(C(F)(F)F)ccc2Cl)CC1. The van der Waals surface area contributed by atoms with Gasteiger partial charge in [0.1, 0.15) is 16.2 Å². The van der Waals surface area contributed by atoms with E-state index in [0.29, 0.717) is 23.1 Å². The van der Waals surface area contributed by atoms with Gasteiger partial charge in [0.15, 0.2) is 0 Å². The number of sulfonamides is 1. The van der Waals surface area contributed by atoms with Crippen LogP contribution in [0.15, 0.2) is 27.6 Å². The Hall–Kier alpha value is -2.11. The summed E-state index contributed by atoms with van der Waals surface area (Å²) < 4.78 is 70.6. The van der Waals surface area contributed by atoms with Gasteiger partial charge in [-0.3, -0.25) is 4.79 Å². The fourth-order valence-electron chi connectivity index (χ4n) is 3.09. The zero-order chi connectivity index (χ0) is 21.6. The van der Waals surface area contributed by atoms with Gasteiger partial charge in [-0.25, -0.2) is 8.42 Å². The van der Waals surface area contributed by atoms with E-state index in [1.54, 1.807) is 13.8 Å². The van der Waals surface area contributed by atoms with Crippen molar-refractivity contribution in [2.75, 3.05) is 26.2 Å². The van der Waals surface area contributed by atoms with E-state index in [4.69, 9.17) is 16.1 Å². The lowest BCUT2D eigenvalue weighted by molar-refractivity contribution is -0.137. The number of rotatable bonds is 3. The number of piperazine rings is 1. The van der Waals surface area contributed by atoms with E-state index in [1.165, 1.54) is 4.90 Å². The summed E-state index contributed by atoms with van der Waals surface area (Å²) >= 11 is 5.88. The van der Waals surface area contributed by atoms with Crippen molar-refractivity contribution in [2.45, 2.75) is 24.9 Å². The van der Waals surface area contributed by atoms with Gasteiger partial charge in [0.2, 0.25) is 10.0 Å². The van der Waals surface area contributed by atoms with Crippen molar-refractivity contribution < 1.29 is 30.9 Å². The van der Waals surface area contributed by atoms with Gasteiger partial charge in [-0.1, -0.05) is 16.8 Å². The number of halogens is 4. The molecule has 12 heteroatoms. The highest BCUT2D eigenvalue weighted by atomic mass is 35.5. The molecule has 0 unspecified atom stereocenters. The summed E-state index contributed by atoms with van der Waals surface area (Å²) in [7, 11) is -4.26. The van der Waals surface area contributed by atoms with Crippen LogP contribution >= 0.6 is 11.6 Å². The molecule has 0 aliphatic carbocycles. The van der Waals surface area contributed by atoms with Crippen LogP contribution < -0.4 is 0 Å². The van der Waals surface area contributed by atoms with Gasteiger partial charge in [-0.2, -0.15) is 17.5 Å². The molecule has 2 heterocycles. The van der Waals surface area contributed by atoms with Gasteiger partial charge in [0, 0.05) is 26.2 Å². The Morgan fingerprint density at radius 1 is 1.17 bits per heavy atom. The zero-order valence-electron chi connectivity index (χ0n) is 15.5. The smallest absolute Gasteiger partial charge is 0.361 e. The number of benzene rings is 1. The summed E-state index contributed by atoms with van der Waals surface area (Å²) in [5.41, 5.74) is -0.353. The van der Waals surface area contributed by atoms with Gasteiger partial charge >= 0.3 is 6.18 Å². The predicted molar refractivity (Wildman–Crippen MR) is 97.1 cm³/mol. The van der Waals surface area contributed by atoms with E-state index in [2.05, 4.69) is 5.16 Å². The highest BCUT2D eigenvalue weighted by Crippen LogP contribution is 2.34. The molecule has 1 aromatic heterocycles. The maximum Gasteiger partial charge on any atom is 0.416 e. The van der Waals surface area contributed by atoms with E-state index >= 15 is 0 Å². The summed E-state index contributed by atoms with van der Waals surface area (Å²) in [5, 5.41) is 3.43. The van der Waals surface area contributed by atoms with Crippen LogP contribution in [0.25, 0.3) is 0 Å². The third kappa shape index (κ3) is 4.12. The molecular formula is C17H17ClF3N3O4S. The molecule has 2 aromatic rings. The van der Waals surface area contributed by atoms with Crippen molar-refractivity contribution in [3.63, 3.8) is 0 Å². The van der Waals surface area contributed by atoms with E-state index in [0.717, 1.165) is 16.4 Å². The Morgan fingerprint density at radius 2 is 1.79 bits per heavy atom. The van der Waals surface area contributed by atoms with Gasteiger partial charge in [-0.05, 0) is 32.0 Å². The maximum atomic E-state index is 13.0. The van der Waals surface area contributed by atoms with Crippen LogP contribution in [-0.4, -0.2) is 54.9 Å². The number of hydrogen-bond donors (Lipinski definition) is 0. The minimum atomic E-state index is -4.70. The second-order valence-corrected chi connectivity index (χ2v) is 8.85. The van der Waals surface area contributed by atoms with Crippen LogP contribution in [0.2, 0.25) is 5.02 Å². The second-order valence-electron chi connectivity index (χ2n) is 6.54. The Bertz CT molecular complexity index is 1030. The first-order valence-corrected chi connectivity index (χ1v) is 10.3. The quantitative estimate of drug-likeness (QED) is 0.716. The lowest BCUT2D eigenvalue weighted by Gasteiger charge is -2.34. The van der Waals surface area contributed by atoms with Crippen molar-refractivity contribution in [1.29, 1.82) is 0 Å². The van der Waals surface area contributed by atoms with E-state index in [9.17, 15) is 26.4 Å². The Balaban J connectivity index is 1.79. The minimum absolute atomic E-state index is 0.0682. The van der Waals surface area contributed by atoms with Gasteiger partial charge in [-0.15, -0.1) is 0 Å². The zero-order valence-corrected chi connectivity index (χ0v) is 17.0. The van der Waals surface area contributed by atoms with Crippen LogP contribution in [-0.2, 0) is 16.2 Å². The number of aromatic nitrogens is 1. The molecule has 1 aliphatic heterocycles. The van der Waals surface area contributed by atoms with Crippen LogP contribution in [0.1, 0.15) is 27.4 Å². The molecule has 29 heavy (non-hydrogen) atoms. The normalized spacial score (nSPS) is 16.3. The molecule has 1 fully saturated rings. The molecule has 1 aliphatic rings. The molecule has 0 bridgehead atoms. The molecule has 1 saturated heterocycles. The van der Waals surface area contributed by atoms with Gasteiger partial charge in [0.25, 0.3) is 5.91 Å². The molecule has 1 amide bonds. The largest absolute Gasteiger partial charge is 0.416 e. The molecule has 0 N–H and O–H groups in total. The Labute approximate surface area is 170 Å². The fraction of sp³-hybridized carbons (Fsp3) is 0.412. The Morgan fingerprint density at radius 3 is 2.31 bits per heavy atom. The standard InChI is InChI=1S/C17H17ClF3N3O4S/c1-10-15(11(2)28-22-10)16(25)23-5-7-24(8-6-23)29(26,27)14-9-12(17(19,20)21)3-4-13(14)18/h3-4,9H,5-8H2,1-2H3. The average molecular weight is 452 g/mol. The first-order valence-electron chi connectivity index (χ1n) is 8.52. The van der Waals surface area contributed by atoms with Crippen molar-refractivity contribution in [1.82, 2.24) is 14.4 Å². The lowest BCUT2D eigenvalue weighted by atomic mass is 10.1. The van der Waals surface area contributed by atoms with Gasteiger partial charge in [0.05, 0.1) is 16.3 Å². The number of alkyl halides is 3. The molecule has 1 aromatic carbocycles. The van der Waals surface area contributed by atoms with Gasteiger partial charge < -0.3 is 9.42 Å². The molecule has 0 saturated carbocycles. The summed E-state index contributed by atoms with van der Waals surface area (Å²) in [6.45, 7) is 3.20. The summed E-state index contributed by atoms with van der Waals surface area (Å²) in [4.78, 5) is 13.5. The molecule has 0 radical (unpaired) electrons. The van der Waals surface area contributed by atoms with Crippen molar-refractivity contribution in [2.24, 2.45) is 0 Å². The van der Waals surface area contributed by atoms with Crippen LogP contribution in [0.5, 0.6) is 0 Å². The van der Waals surface area contributed by atoms with Crippen molar-refractivity contribution >= 4 is 27.5 Å². The van der Waals surface area contributed by atoms with E-state index < -0.39 is 26.7 Å². The van der Waals surface area contributed by atoms with Crippen LogP contribution in [0.4, 0.5) is 13.2 Å². The summed E-state index contributed by atoms with van der Waals surface area (Å²) in [5.74, 6) is 0.0219. The number of hydrogen-bond acceptors (Lipinski definition) is 5. The predicted octanol–water partition coefficient (Wildman–Crippen LogP) is 3.11. The summed E-state index contributed by atoms with van der Waals surface area (Å²) in [6.07, 6.45) is -4.70. The number of amides is 1. The third-order valence-corrected chi connectivity index (χ3v) is 7.03. The molecule has 0 spiro atoms. The Kier molecular flexibility index (Phi) is 5.67. The minimum Gasteiger partial charge on any atom is -0.361 e. The first kappa shape index (κ1) is 21.6. The second kappa shape index (κ2) is 7.62. The maximum absolute atomic E-state index is 13.0. The average Bonchev–Trinajstić information content (AvgIpc) is 2.99. The highest BCUT2D eigenvalue weighted by Gasteiger charge is 2.36. The fourth-order valence-corrected chi connectivity index (χ4v) is 5.02. The number of carbonyl (C=O) groups is 1. The molecule has 158 valence electrons. The topological polar surface area (TPSA) is 83.7 Å².